The van der Waals surface area contributed by atoms with Crippen molar-refractivity contribution in [1.29, 1.82) is 0 Å². The molecule has 0 saturated heterocycles. The summed E-state index contributed by atoms with van der Waals surface area (Å²) in [6.07, 6.45) is 2.59. The van der Waals surface area contributed by atoms with Crippen LogP contribution in [0, 0.1) is 15.9 Å². The average Bonchev–Trinajstić information content (AvgIpc) is 2.53. The molecular formula is C16H11ClFNO4. The molecule has 0 aliphatic carbocycles. The van der Waals surface area contributed by atoms with Gasteiger partial charge in [0.25, 0.3) is 5.69 Å². The van der Waals surface area contributed by atoms with Crippen molar-refractivity contribution in [2.75, 3.05) is 0 Å². The first-order valence-electron chi connectivity index (χ1n) is 6.49. The molecule has 0 radical (unpaired) electrons. The number of hydrogen-bond donors (Lipinski definition) is 0. The van der Waals surface area contributed by atoms with Crippen molar-refractivity contribution in [1.82, 2.24) is 0 Å². The molecule has 0 saturated carbocycles. The Morgan fingerprint density at radius 3 is 2.57 bits per heavy atom. The summed E-state index contributed by atoms with van der Waals surface area (Å²) in [5.41, 5.74) is 0.654. The number of carbonyl (C=O) groups excluding carboxylic acids is 1. The maximum Gasteiger partial charge on any atom is 0.331 e. The molecule has 2 aromatic rings. The van der Waals surface area contributed by atoms with Crippen molar-refractivity contribution in [3.05, 3.63) is 80.6 Å². The van der Waals surface area contributed by atoms with Gasteiger partial charge in [0.1, 0.15) is 12.4 Å². The van der Waals surface area contributed by atoms with E-state index in [-0.39, 0.29) is 22.9 Å². The number of ether oxygens (including phenoxy) is 1. The monoisotopic (exact) mass is 335 g/mol. The third kappa shape index (κ3) is 4.62. The highest BCUT2D eigenvalue weighted by molar-refractivity contribution is 6.31. The van der Waals surface area contributed by atoms with E-state index in [0.29, 0.717) is 5.56 Å². The molecule has 0 N–H and O–H groups in total. The van der Waals surface area contributed by atoms with Crippen molar-refractivity contribution in [2.45, 2.75) is 6.61 Å². The van der Waals surface area contributed by atoms with Crippen LogP contribution in [-0.4, -0.2) is 10.9 Å². The molecule has 0 aliphatic heterocycles. The maximum absolute atomic E-state index is 13.5. The van der Waals surface area contributed by atoms with Crippen LogP contribution in [0.15, 0.2) is 48.5 Å². The second-order valence-electron chi connectivity index (χ2n) is 4.49. The number of carbonyl (C=O) groups is 1. The molecule has 5 nitrogen and oxygen atoms in total. The first-order chi connectivity index (χ1) is 11.0. The average molecular weight is 336 g/mol. The number of nitro benzene ring substituents is 1. The van der Waals surface area contributed by atoms with Gasteiger partial charge >= 0.3 is 5.97 Å². The number of nitro groups is 1. The van der Waals surface area contributed by atoms with Crippen LogP contribution in [0.4, 0.5) is 10.1 Å². The minimum atomic E-state index is -0.678. The van der Waals surface area contributed by atoms with Gasteiger partial charge in [-0.15, -0.1) is 0 Å². The predicted octanol–water partition coefficient (Wildman–Crippen LogP) is 4.14. The Kier molecular flexibility index (Phi) is 5.43. The van der Waals surface area contributed by atoms with Crippen LogP contribution in [0.5, 0.6) is 0 Å². The van der Waals surface area contributed by atoms with E-state index in [4.69, 9.17) is 16.3 Å². The quantitative estimate of drug-likeness (QED) is 0.356. The zero-order valence-corrected chi connectivity index (χ0v) is 12.5. The fourth-order valence-electron chi connectivity index (χ4n) is 1.73. The Balaban J connectivity index is 1.95. The summed E-state index contributed by atoms with van der Waals surface area (Å²) >= 11 is 5.82. The Bertz CT molecular complexity index is 739. The van der Waals surface area contributed by atoms with Crippen LogP contribution >= 0.6 is 11.6 Å². The number of esters is 1. The van der Waals surface area contributed by atoms with Crippen LogP contribution in [0.2, 0.25) is 5.02 Å². The van der Waals surface area contributed by atoms with Gasteiger partial charge in [-0.3, -0.25) is 10.1 Å². The minimum Gasteiger partial charge on any atom is -0.457 e. The van der Waals surface area contributed by atoms with Gasteiger partial charge in [0.15, 0.2) is 0 Å². The van der Waals surface area contributed by atoms with Gasteiger partial charge in [-0.05, 0) is 35.9 Å². The molecule has 0 heterocycles. The zero-order valence-electron chi connectivity index (χ0n) is 11.7. The normalized spacial score (nSPS) is 10.7. The molecule has 0 amide bonds. The van der Waals surface area contributed by atoms with Crippen molar-refractivity contribution in [3.8, 4) is 0 Å². The van der Waals surface area contributed by atoms with Crippen LogP contribution < -0.4 is 0 Å². The van der Waals surface area contributed by atoms with Crippen LogP contribution in [-0.2, 0) is 16.1 Å². The Hall–Kier alpha value is -2.73. The summed E-state index contributed by atoms with van der Waals surface area (Å²) < 4.78 is 18.4. The van der Waals surface area contributed by atoms with Crippen molar-refractivity contribution < 1.29 is 18.8 Å². The topological polar surface area (TPSA) is 69.4 Å². The van der Waals surface area contributed by atoms with E-state index in [2.05, 4.69) is 0 Å². The molecule has 0 atom stereocenters. The van der Waals surface area contributed by atoms with E-state index in [1.165, 1.54) is 48.5 Å². The number of rotatable bonds is 5. The summed E-state index contributed by atoms with van der Waals surface area (Å²) in [4.78, 5) is 21.6. The van der Waals surface area contributed by atoms with E-state index >= 15 is 0 Å². The zero-order chi connectivity index (χ0) is 16.8. The van der Waals surface area contributed by atoms with Gasteiger partial charge in [0.2, 0.25) is 0 Å². The molecule has 0 spiro atoms. The first kappa shape index (κ1) is 16.6. The number of non-ortho nitro benzene ring substituents is 1. The van der Waals surface area contributed by atoms with Gasteiger partial charge in [-0.2, -0.15) is 0 Å². The molecular weight excluding hydrogens is 325 g/mol. The summed E-state index contributed by atoms with van der Waals surface area (Å²) in [6.45, 7) is -0.283. The van der Waals surface area contributed by atoms with Crippen LogP contribution in [0.3, 0.4) is 0 Å². The highest BCUT2D eigenvalue weighted by atomic mass is 35.5. The molecule has 2 rings (SSSR count). The van der Waals surface area contributed by atoms with Crippen LogP contribution in [0.1, 0.15) is 11.1 Å². The molecule has 7 heteroatoms. The summed E-state index contributed by atoms with van der Waals surface area (Å²) in [5, 5.41) is 10.7. The number of hydrogen-bond acceptors (Lipinski definition) is 4. The predicted molar refractivity (Wildman–Crippen MR) is 83.3 cm³/mol. The summed E-state index contributed by atoms with van der Waals surface area (Å²) in [5.74, 6) is -1.23. The first-order valence-corrected chi connectivity index (χ1v) is 6.87. The standard InChI is InChI=1S/C16H11ClFNO4/c17-14-2-1-3-15(18)13(14)10-23-16(20)9-6-11-4-7-12(8-5-11)19(21)22/h1-9H,10H2/b9-6+. The van der Waals surface area contributed by atoms with E-state index in [0.717, 1.165) is 6.08 Å². The van der Waals surface area contributed by atoms with E-state index in [1.807, 2.05) is 0 Å². The lowest BCUT2D eigenvalue weighted by Crippen LogP contribution is -2.03. The lowest BCUT2D eigenvalue weighted by molar-refractivity contribution is -0.384. The molecule has 0 aliphatic rings. The number of halogens is 2. The van der Waals surface area contributed by atoms with Gasteiger partial charge in [0.05, 0.1) is 9.95 Å². The summed E-state index contributed by atoms with van der Waals surface area (Å²) in [6, 6.07) is 9.82. The molecule has 0 aromatic heterocycles. The fourth-order valence-corrected chi connectivity index (χ4v) is 1.95. The minimum absolute atomic E-state index is 0.0427. The fraction of sp³-hybridized carbons (Fsp3) is 0.0625. The van der Waals surface area contributed by atoms with Gasteiger partial charge in [0, 0.05) is 23.8 Å². The van der Waals surface area contributed by atoms with Gasteiger partial charge in [-0.25, -0.2) is 9.18 Å². The van der Waals surface area contributed by atoms with E-state index < -0.39 is 16.7 Å². The third-order valence-corrected chi connectivity index (χ3v) is 3.29. The largest absolute Gasteiger partial charge is 0.457 e. The smallest absolute Gasteiger partial charge is 0.331 e. The second-order valence-corrected chi connectivity index (χ2v) is 4.90. The van der Waals surface area contributed by atoms with Gasteiger partial charge in [-0.1, -0.05) is 17.7 Å². The molecule has 118 valence electrons. The third-order valence-electron chi connectivity index (χ3n) is 2.94. The van der Waals surface area contributed by atoms with E-state index in [9.17, 15) is 19.3 Å². The molecule has 2 aromatic carbocycles. The van der Waals surface area contributed by atoms with E-state index in [1.54, 1.807) is 0 Å². The molecule has 23 heavy (non-hydrogen) atoms. The Morgan fingerprint density at radius 2 is 1.96 bits per heavy atom. The molecule has 0 unspecified atom stereocenters. The molecule has 0 fully saturated rings. The highest BCUT2D eigenvalue weighted by Gasteiger charge is 2.09. The molecule has 0 bridgehead atoms. The maximum atomic E-state index is 13.5. The van der Waals surface area contributed by atoms with Gasteiger partial charge < -0.3 is 4.74 Å². The Morgan fingerprint density at radius 1 is 1.26 bits per heavy atom. The van der Waals surface area contributed by atoms with Crippen molar-refractivity contribution >= 4 is 29.3 Å². The SMILES string of the molecule is O=C(/C=C/c1ccc([N+](=O)[O-])cc1)OCc1c(F)cccc1Cl. The Labute approximate surface area is 136 Å². The lowest BCUT2D eigenvalue weighted by atomic mass is 10.2. The lowest BCUT2D eigenvalue weighted by Gasteiger charge is -2.05. The summed E-state index contributed by atoms with van der Waals surface area (Å²) in [7, 11) is 0. The highest BCUT2D eigenvalue weighted by Crippen LogP contribution is 2.20. The number of benzene rings is 2. The van der Waals surface area contributed by atoms with Crippen molar-refractivity contribution in [3.63, 3.8) is 0 Å². The second kappa shape index (κ2) is 7.51. The number of nitrogens with zero attached hydrogens (tertiary/aromatic N) is 1. The van der Waals surface area contributed by atoms with Crippen molar-refractivity contribution in [2.24, 2.45) is 0 Å². The van der Waals surface area contributed by atoms with Crippen LogP contribution in [0.25, 0.3) is 6.08 Å².